The molecule has 1 aromatic heterocycles. The highest BCUT2D eigenvalue weighted by Crippen LogP contribution is 2.25. The van der Waals surface area contributed by atoms with Crippen LogP contribution in [-0.2, 0) is 0 Å². The molecule has 0 aromatic carbocycles. The van der Waals surface area contributed by atoms with Crippen molar-refractivity contribution in [3.8, 4) is 0 Å². The van der Waals surface area contributed by atoms with Crippen LogP contribution in [0.4, 0.5) is 0 Å². The van der Waals surface area contributed by atoms with Gasteiger partial charge in [-0.15, -0.1) is 0 Å². The van der Waals surface area contributed by atoms with Gasteiger partial charge in [-0.3, -0.25) is 4.79 Å². The van der Waals surface area contributed by atoms with Gasteiger partial charge < -0.3 is 9.42 Å². The summed E-state index contributed by atoms with van der Waals surface area (Å²) in [6.07, 6.45) is 3.53. The molecule has 1 atom stereocenters. The van der Waals surface area contributed by atoms with Gasteiger partial charge in [-0.2, -0.15) is 0 Å². The largest absolute Gasteiger partial charge is 0.364 e. The number of nitrogens with zero attached hydrogens (tertiary/aromatic N) is 2. The zero-order valence-corrected chi connectivity index (χ0v) is 10.8. The lowest BCUT2D eigenvalue weighted by molar-refractivity contribution is 0.0681. The summed E-state index contributed by atoms with van der Waals surface area (Å²) in [6, 6.07) is 1.61. The summed E-state index contributed by atoms with van der Waals surface area (Å²) in [5.41, 5.74) is 0.408. The molecular formula is C11H15BrN2O2. The van der Waals surface area contributed by atoms with Crippen LogP contribution in [0.15, 0.2) is 16.9 Å². The van der Waals surface area contributed by atoms with Gasteiger partial charge in [-0.1, -0.05) is 28.0 Å². The number of aromatic nitrogens is 1. The van der Waals surface area contributed by atoms with E-state index in [2.05, 4.69) is 32.5 Å². The number of carbonyl (C=O) groups is 1. The van der Waals surface area contributed by atoms with Crippen LogP contribution in [0.5, 0.6) is 0 Å². The molecule has 1 aromatic rings. The van der Waals surface area contributed by atoms with Gasteiger partial charge in [0.2, 0.25) is 0 Å². The maximum atomic E-state index is 11.9. The minimum Gasteiger partial charge on any atom is -0.364 e. The smallest absolute Gasteiger partial charge is 0.276 e. The number of piperidine rings is 1. The molecule has 1 saturated heterocycles. The van der Waals surface area contributed by atoms with E-state index < -0.39 is 0 Å². The van der Waals surface area contributed by atoms with Crippen molar-refractivity contribution in [1.29, 1.82) is 0 Å². The quantitative estimate of drug-likeness (QED) is 0.784. The highest BCUT2D eigenvalue weighted by molar-refractivity contribution is 9.09. The van der Waals surface area contributed by atoms with Crippen LogP contribution < -0.4 is 0 Å². The highest BCUT2D eigenvalue weighted by Gasteiger charge is 2.26. The van der Waals surface area contributed by atoms with Crippen molar-refractivity contribution in [2.24, 2.45) is 5.92 Å². The maximum Gasteiger partial charge on any atom is 0.276 e. The van der Waals surface area contributed by atoms with Crippen molar-refractivity contribution in [2.75, 3.05) is 13.1 Å². The van der Waals surface area contributed by atoms with Gasteiger partial charge in [-0.25, -0.2) is 0 Å². The third-order valence-electron chi connectivity index (χ3n) is 3.13. The van der Waals surface area contributed by atoms with Gasteiger partial charge in [0, 0.05) is 24.0 Å². The first-order valence-corrected chi connectivity index (χ1v) is 6.44. The van der Waals surface area contributed by atoms with E-state index in [1.807, 2.05) is 4.90 Å². The standard InChI is InChI=1S/C11H15BrN2O2/c1-8(12)9-2-5-14(6-3-9)11(15)10-4-7-16-13-10/h4,7-9H,2-3,5-6H2,1H3. The minimum atomic E-state index is -0.0191. The van der Waals surface area contributed by atoms with E-state index >= 15 is 0 Å². The fraction of sp³-hybridized carbons (Fsp3) is 0.636. The fourth-order valence-electron chi connectivity index (χ4n) is 2.05. The van der Waals surface area contributed by atoms with E-state index in [1.165, 1.54) is 6.26 Å². The molecule has 0 radical (unpaired) electrons. The maximum absolute atomic E-state index is 11.9. The number of rotatable bonds is 2. The van der Waals surface area contributed by atoms with Crippen molar-refractivity contribution >= 4 is 21.8 Å². The molecule has 16 heavy (non-hydrogen) atoms. The molecule has 2 rings (SSSR count). The molecule has 1 aliphatic rings. The molecule has 4 nitrogen and oxygen atoms in total. The van der Waals surface area contributed by atoms with Gasteiger partial charge in [0.05, 0.1) is 0 Å². The molecule has 0 saturated carbocycles. The summed E-state index contributed by atoms with van der Waals surface area (Å²) < 4.78 is 4.68. The fourth-order valence-corrected chi connectivity index (χ4v) is 2.58. The Kier molecular flexibility index (Phi) is 3.63. The van der Waals surface area contributed by atoms with E-state index in [0.717, 1.165) is 25.9 Å². The predicted octanol–water partition coefficient (Wildman–Crippen LogP) is 2.31. The summed E-state index contributed by atoms with van der Waals surface area (Å²) in [4.78, 5) is 14.3. The Hall–Kier alpha value is -0.840. The van der Waals surface area contributed by atoms with Crippen molar-refractivity contribution in [2.45, 2.75) is 24.6 Å². The van der Waals surface area contributed by atoms with Crippen LogP contribution in [-0.4, -0.2) is 33.9 Å². The number of halogens is 1. The molecule has 2 heterocycles. The van der Waals surface area contributed by atoms with Crippen LogP contribution in [0, 0.1) is 5.92 Å². The third kappa shape index (κ3) is 2.45. The summed E-state index contributed by atoms with van der Waals surface area (Å²) in [5, 5.41) is 3.67. The van der Waals surface area contributed by atoms with E-state index in [-0.39, 0.29) is 5.91 Å². The van der Waals surface area contributed by atoms with Gasteiger partial charge >= 0.3 is 0 Å². The minimum absolute atomic E-state index is 0.0191. The molecule has 1 amide bonds. The first kappa shape index (κ1) is 11.6. The number of alkyl halides is 1. The van der Waals surface area contributed by atoms with Crippen molar-refractivity contribution < 1.29 is 9.32 Å². The molecule has 1 aliphatic heterocycles. The second kappa shape index (κ2) is 4.99. The average molecular weight is 287 g/mol. The zero-order chi connectivity index (χ0) is 11.5. The number of hydrogen-bond acceptors (Lipinski definition) is 3. The van der Waals surface area contributed by atoms with Crippen molar-refractivity contribution in [3.63, 3.8) is 0 Å². The van der Waals surface area contributed by atoms with Crippen LogP contribution in [0.3, 0.4) is 0 Å². The van der Waals surface area contributed by atoms with Crippen LogP contribution >= 0.6 is 15.9 Å². The summed E-state index contributed by atoms with van der Waals surface area (Å²) in [5.74, 6) is 0.649. The summed E-state index contributed by atoms with van der Waals surface area (Å²) >= 11 is 3.60. The van der Waals surface area contributed by atoms with Crippen LogP contribution in [0.25, 0.3) is 0 Å². The van der Waals surface area contributed by atoms with E-state index in [4.69, 9.17) is 0 Å². The van der Waals surface area contributed by atoms with Crippen molar-refractivity contribution in [3.05, 3.63) is 18.0 Å². The molecular weight excluding hydrogens is 272 g/mol. The number of likely N-dealkylation sites (tertiary alicyclic amines) is 1. The molecule has 5 heteroatoms. The molecule has 1 unspecified atom stereocenters. The molecule has 0 aliphatic carbocycles. The monoisotopic (exact) mass is 286 g/mol. The summed E-state index contributed by atoms with van der Waals surface area (Å²) in [7, 11) is 0. The lowest BCUT2D eigenvalue weighted by atomic mass is 9.94. The Morgan fingerprint density at radius 1 is 1.62 bits per heavy atom. The molecule has 88 valence electrons. The summed E-state index contributed by atoms with van der Waals surface area (Å²) in [6.45, 7) is 3.79. The average Bonchev–Trinajstić information content (AvgIpc) is 2.81. The zero-order valence-electron chi connectivity index (χ0n) is 9.23. The van der Waals surface area contributed by atoms with Crippen molar-refractivity contribution in [1.82, 2.24) is 10.1 Å². The van der Waals surface area contributed by atoms with Gasteiger partial charge in [-0.05, 0) is 18.8 Å². The lowest BCUT2D eigenvalue weighted by Gasteiger charge is -2.32. The Bertz CT molecular complexity index is 343. The highest BCUT2D eigenvalue weighted by atomic mass is 79.9. The Labute approximate surface area is 103 Å². The van der Waals surface area contributed by atoms with Gasteiger partial charge in [0.15, 0.2) is 5.69 Å². The van der Waals surface area contributed by atoms with Gasteiger partial charge in [0.25, 0.3) is 5.91 Å². The predicted molar refractivity (Wildman–Crippen MR) is 63.5 cm³/mol. The second-order valence-corrected chi connectivity index (χ2v) is 5.64. The van der Waals surface area contributed by atoms with Gasteiger partial charge in [0.1, 0.15) is 6.26 Å². The molecule has 0 N–H and O–H groups in total. The first-order chi connectivity index (χ1) is 7.68. The van der Waals surface area contributed by atoms with E-state index in [9.17, 15) is 4.79 Å². The molecule has 0 spiro atoms. The number of carbonyl (C=O) groups excluding carboxylic acids is 1. The molecule has 0 bridgehead atoms. The van der Waals surface area contributed by atoms with E-state index in [1.54, 1.807) is 6.07 Å². The van der Waals surface area contributed by atoms with Crippen LogP contribution in [0.1, 0.15) is 30.3 Å². The first-order valence-electron chi connectivity index (χ1n) is 5.52. The van der Waals surface area contributed by atoms with E-state index in [0.29, 0.717) is 16.4 Å². The Morgan fingerprint density at radius 3 is 2.81 bits per heavy atom. The van der Waals surface area contributed by atoms with Crippen LogP contribution in [0.2, 0.25) is 0 Å². The molecule has 1 fully saturated rings. The SMILES string of the molecule is CC(Br)C1CCN(C(=O)c2ccon2)CC1. The number of hydrogen-bond donors (Lipinski definition) is 0. The third-order valence-corrected chi connectivity index (χ3v) is 3.88. The normalized spacial score (nSPS) is 19.8. The number of amides is 1. The second-order valence-electron chi connectivity index (χ2n) is 4.19. The lowest BCUT2D eigenvalue weighted by Crippen LogP contribution is -2.40. The topological polar surface area (TPSA) is 46.3 Å². The Balaban J connectivity index is 1.92. The Morgan fingerprint density at radius 2 is 2.31 bits per heavy atom.